The van der Waals surface area contributed by atoms with Crippen LogP contribution >= 0.6 is 0 Å². The molecule has 3 heteroatoms. The summed E-state index contributed by atoms with van der Waals surface area (Å²) in [4.78, 5) is 0. The Labute approximate surface area is 111 Å². The molecule has 0 bridgehead atoms. The summed E-state index contributed by atoms with van der Waals surface area (Å²) in [6.45, 7) is 0.844. The van der Waals surface area contributed by atoms with E-state index in [1.54, 1.807) is 0 Å². The first-order chi connectivity index (χ1) is 8.80. The zero-order valence-corrected chi connectivity index (χ0v) is 11.6. The van der Waals surface area contributed by atoms with Gasteiger partial charge in [0.2, 0.25) is 0 Å². The van der Waals surface area contributed by atoms with Crippen molar-refractivity contribution in [3.63, 3.8) is 0 Å². The zero-order valence-electron chi connectivity index (χ0n) is 11.6. The third kappa shape index (κ3) is 6.17. The van der Waals surface area contributed by atoms with Crippen LogP contribution in [-0.2, 0) is 0 Å². The summed E-state index contributed by atoms with van der Waals surface area (Å²) >= 11 is 0. The van der Waals surface area contributed by atoms with E-state index >= 15 is 0 Å². The first-order valence-electron chi connectivity index (χ1n) is 7.62. The van der Waals surface area contributed by atoms with Crippen molar-refractivity contribution in [1.82, 2.24) is 0 Å². The molecule has 0 amide bonds. The Hall–Kier alpha value is -0.120. The summed E-state index contributed by atoms with van der Waals surface area (Å²) in [7, 11) is 0. The molecule has 0 aromatic carbocycles. The van der Waals surface area contributed by atoms with E-state index in [0.717, 1.165) is 51.4 Å². The molecule has 1 saturated carbocycles. The maximum atomic E-state index is 9.37. The second-order valence-corrected chi connectivity index (χ2v) is 5.94. The second-order valence-electron chi connectivity index (χ2n) is 5.94. The van der Waals surface area contributed by atoms with Gasteiger partial charge in [0.05, 0.1) is 0 Å². The van der Waals surface area contributed by atoms with E-state index < -0.39 is 0 Å². The number of rotatable bonds is 3. The van der Waals surface area contributed by atoms with Gasteiger partial charge in [-0.05, 0) is 56.3 Å². The molecule has 1 aliphatic carbocycles. The molecule has 1 aliphatic rings. The highest BCUT2D eigenvalue weighted by Gasteiger charge is 2.16. The highest BCUT2D eigenvalue weighted by Crippen LogP contribution is 2.25. The Balaban J connectivity index is 2.44. The summed E-state index contributed by atoms with van der Waals surface area (Å²) in [5, 5.41) is 28.0. The van der Waals surface area contributed by atoms with Crippen LogP contribution in [0.1, 0.15) is 57.8 Å². The molecule has 0 heterocycles. The molecule has 0 aromatic rings. The van der Waals surface area contributed by atoms with Gasteiger partial charge >= 0.3 is 0 Å². The van der Waals surface area contributed by atoms with Crippen molar-refractivity contribution >= 4 is 0 Å². The van der Waals surface area contributed by atoms with Gasteiger partial charge in [0.25, 0.3) is 0 Å². The Morgan fingerprint density at radius 3 is 1.22 bits per heavy atom. The van der Waals surface area contributed by atoms with Gasteiger partial charge in [-0.1, -0.05) is 19.3 Å². The number of hydrogen-bond donors (Lipinski definition) is 3. The van der Waals surface area contributed by atoms with Crippen molar-refractivity contribution in [2.24, 2.45) is 17.8 Å². The van der Waals surface area contributed by atoms with E-state index in [1.807, 2.05) is 0 Å². The zero-order chi connectivity index (χ0) is 13.2. The monoisotopic (exact) mass is 258 g/mol. The largest absolute Gasteiger partial charge is 0.396 e. The van der Waals surface area contributed by atoms with E-state index in [-0.39, 0.29) is 13.2 Å². The molecule has 3 nitrogen and oxygen atoms in total. The minimum atomic E-state index is 0.266. The van der Waals surface area contributed by atoms with Crippen molar-refractivity contribution in [2.45, 2.75) is 57.8 Å². The molecule has 108 valence electrons. The van der Waals surface area contributed by atoms with Crippen LogP contribution in [0.4, 0.5) is 0 Å². The quantitative estimate of drug-likeness (QED) is 0.728. The minimum Gasteiger partial charge on any atom is -0.396 e. The van der Waals surface area contributed by atoms with Crippen LogP contribution in [0.2, 0.25) is 0 Å². The molecule has 0 spiro atoms. The Kier molecular flexibility index (Phi) is 8.64. The van der Waals surface area contributed by atoms with E-state index in [9.17, 15) is 15.3 Å². The van der Waals surface area contributed by atoms with E-state index in [2.05, 4.69) is 0 Å². The third-order valence-electron chi connectivity index (χ3n) is 4.46. The van der Waals surface area contributed by atoms with Crippen LogP contribution in [0.3, 0.4) is 0 Å². The second kappa shape index (κ2) is 9.76. The fourth-order valence-electron chi connectivity index (χ4n) is 3.01. The average Bonchev–Trinajstić information content (AvgIpc) is 2.39. The minimum absolute atomic E-state index is 0.266. The van der Waals surface area contributed by atoms with Crippen molar-refractivity contribution in [3.05, 3.63) is 0 Å². The Bertz CT molecular complexity index is 196. The highest BCUT2D eigenvalue weighted by molar-refractivity contribution is 4.68. The maximum Gasteiger partial charge on any atom is 0.0459 e. The predicted molar refractivity (Wildman–Crippen MR) is 73.3 cm³/mol. The SMILES string of the molecule is OC[C@@H]1CCCC[C@H](CO)CC[C@@H](CO)CCC1. The Morgan fingerprint density at radius 1 is 0.500 bits per heavy atom. The van der Waals surface area contributed by atoms with Gasteiger partial charge in [0.1, 0.15) is 0 Å². The molecule has 3 atom stereocenters. The molecule has 0 radical (unpaired) electrons. The van der Waals surface area contributed by atoms with Gasteiger partial charge in [-0.25, -0.2) is 0 Å². The molecule has 1 rings (SSSR count). The smallest absolute Gasteiger partial charge is 0.0459 e. The molecule has 3 N–H and O–H groups in total. The van der Waals surface area contributed by atoms with Crippen LogP contribution in [0.5, 0.6) is 0 Å². The molecular formula is C15H30O3. The van der Waals surface area contributed by atoms with E-state index in [0.29, 0.717) is 24.4 Å². The first kappa shape index (κ1) is 15.9. The van der Waals surface area contributed by atoms with Gasteiger partial charge in [-0.15, -0.1) is 0 Å². The van der Waals surface area contributed by atoms with Crippen molar-refractivity contribution in [2.75, 3.05) is 19.8 Å². The summed E-state index contributed by atoms with van der Waals surface area (Å²) in [6.07, 6.45) is 9.88. The Morgan fingerprint density at radius 2 is 0.833 bits per heavy atom. The van der Waals surface area contributed by atoms with Crippen molar-refractivity contribution in [3.8, 4) is 0 Å². The van der Waals surface area contributed by atoms with Gasteiger partial charge in [-0.3, -0.25) is 0 Å². The fraction of sp³-hybridized carbons (Fsp3) is 1.00. The lowest BCUT2D eigenvalue weighted by Gasteiger charge is -2.22. The highest BCUT2D eigenvalue weighted by atomic mass is 16.3. The summed E-state index contributed by atoms with van der Waals surface area (Å²) < 4.78 is 0. The van der Waals surface area contributed by atoms with Gasteiger partial charge in [0, 0.05) is 19.8 Å². The summed E-state index contributed by atoms with van der Waals surface area (Å²) in [6, 6.07) is 0. The molecule has 0 saturated heterocycles. The van der Waals surface area contributed by atoms with Gasteiger partial charge in [-0.2, -0.15) is 0 Å². The van der Waals surface area contributed by atoms with Crippen LogP contribution < -0.4 is 0 Å². The topological polar surface area (TPSA) is 60.7 Å². The van der Waals surface area contributed by atoms with Crippen LogP contribution in [-0.4, -0.2) is 35.1 Å². The van der Waals surface area contributed by atoms with E-state index in [1.165, 1.54) is 6.42 Å². The van der Waals surface area contributed by atoms with Crippen molar-refractivity contribution in [1.29, 1.82) is 0 Å². The predicted octanol–water partition coefficient (Wildman–Crippen LogP) is 2.34. The molecule has 18 heavy (non-hydrogen) atoms. The van der Waals surface area contributed by atoms with Crippen LogP contribution in [0.25, 0.3) is 0 Å². The lowest BCUT2D eigenvalue weighted by Crippen LogP contribution is -2.14. The lowest BCUT2D eigenvalue weighted by atomic mass is 9.86. The van der Waals surface area contributed by atoms with Crippen molar-refractivity contribution < 1.29 is 15.3 Å². The maximum absolute atomic E-state index is 9.37. The molecule has 1 fully saturated rings. The van der Waals surface area contributed by atoms with Crippen LogP contribution in [0, 0.1) is 17.8 Å². The van der Waals surface area contributed by atoms with Gasteiger partial charge in [0.15, 0.2) is 0 Å². The summed E-state index contributed by atoms with van der Waals surface area (Å²) in [5.41, 5.74) is 0. The standard InChI is InChI=1S/C15H30O3/c16-10-13-4-1-2-5-14(11-17)8-9-15(12-18)7-3-6-13/h13-18H,1-12H2/t13-,14+,15+/m1/s1. The fourth-order valence-corrected chi connectivity index (χ4v) is 3.01. The lowest BCUT2D eigenvalue weighted by molar-refractivity contribution is 0.158. The normalized spacial score (nSPS) is 32.5. The number of hydrogen-bond acceptors (Lipinski definition) is 3. The third-order valence-corrected chi connectivity index (χ3v) is 4.46. The van der Waals surface area contributed by atoms with Crippen LogP contribution in [0.15, 0.2) is 0 Å². The molecule has 0 unspecified atom stereocenters. The molecule has 0 aromatic heterocycles. The summed E-state index contributed by atoms with van der Waals surface area (Å²) in [5.74, 6) is 1.24. The first-order valence-corrected chi connectivity index (χ1v) is 7.62. The van der Waals surface area contributed by atoms with E-state index in [4.69, 9.17) is 0 Å². The molecular weight excluding hydrogens is 228 g/mol. The number of aliphatic hydroxyl groups excluding tert-OH is 3. The molecule has 0 aliphatic heterocycles. The van der Waals surface area contributed by atoms with Gasteiger partial charge < -0.3 is 15.3 Å². The average molecular weight is 258 g/mol. The number of aliphatic hydroxyl groups is 3.